The summed E-state index contributed by atoms with van der Waals surface area (Å²) in [5.74, 6) is -3.79. The number of aliphatic hydroxyl groups excluding tert-OH is 2. The molecule has 5 N–H and O–H groups in total. The number of carbonyl (C=O) groups excluding carboxylic acids is 7. The van der Waals surface area contributed by atoms with Crippen molar-refractivity contribution in [1.29, 1.82) is 0 Å². The van der Waals surface area contributed by atoms with E-state index in [1.807, 2.05) is 6.92 Å². The molecule has 0 spiro atoms. The number of rotatable bonds is 12. The van der Waals surface area contributed by atoms with Crippen LogP contribution in [0.2, 0.25) is 5.02 Å². The van der Waals surface area contributed by atoms with Gasteiger partial charge in [-0.1, -0.05) is 48.4 Å². The van der Waals surface area contributed by atoms with E-state index in [4.69, 9.17) is 25.8 Å². The summed E-state index contributed by atoms with van der Waals surface area (Å²) in [4.78, 5) is 95.9. The summed E-state index contributed by atoms with van der Waals surface area (Å²) in [6.45, 7) is 5.85. The number of hydrogen-bond donors (Lipinski definition) is 5. The van der Waals surface area contributed by atoms with Crippen molar-refractivity contribution < 1.29 is 63.1 Å². The summed E-state index contributed by atoms with van der Waals surface area (Å²) in [5, 5.41) is 37.2. The molecule has 2 saturated heterocycles. The van der Waals surface area contributed by atoms with Crippen LogP contribution in [0.1, 0.15) is 96.6 Å². The van der Waals surface area contributed by atoms with Crippen molar-refractivity contribution in [2.75, 3.05) is 38.4 Å². The van der Waals surface area contributed by atoms with Gasteiger partial charge in [0.15, 0.2) is 11.5 Å². The van der Waals surface area contributed by atoms with Crippen LogP contribution in [0, 0.1) is 29.6 Å². The Morgan fingerprint density at radius 2 is 1.82 bits per heavy atom. The van der Waals surface area contributed by atoms with E-state index in [9.17, 15) is 48.9 Å². The minimum Gasteiger partial charge on any atom is -0.457 e. The average Bonchev–Trinajstić information content (AvgIpc) is 3.94. The molecule has 2 saturated carbocycles. The van der Waals surface area contributed by atoms with Crippen molar-refractivity contribution in [3.8, 4) is 0 Å². The van der Waals surface area contributed by atoms with E-state index < -0.39 is 102 Å². The number of nitrogens with zero attached hydrogens (tertiary/aromatic N) is 2. The van der Waals surface area contributed by atoms with Crippen molar-refractivity contribution in [3.63, 3.8) is 0 Å². The second-order valence-electron chi connectivity index (χ2n) is 19.5. The Morgan fingerprint density at radius 1 is 1.12 bits per heavy atom. The first-order valence-electron chi connectivity index (χ1n) is 23.5. The molecule has 17 nitrogen and oxygen atoms in total. The maximum Gasteiger partial charge on any atom is 0.409 e. The molecule has 4 amide bonds. The summed E-state index contributed by atoms with van der Waals surface area (Å²) in [6.07, 6.45) is 4.62. The Balaban J connectivity index is 1.15. The van der Waals surface area contributed by atoms with Crippen LogP contribution in [0.3, 0.4) is 0 Å². The fourth-order valence-electron chi connectivity index (χ4n) is 10.2. The van der Waals surface area contributed by atoms with Crippen molar-refractivity contribution in [2.45, 2.75) is 139 Å². The van der Waals surface area contributed by atoms with Gasteiger partial charge in [-0.3, -0.25) is 29.3 Å². The van der Waals surface area contributed by atoms with E-state index >= 15 is 0 Å². The second kappa shape index (κ2) is 22.2. The molecule has 68 heavy (non-hydrogen) atoms. The molecule has 4 bridgehead atoms. The first kappa shape index (κ1) is 53.0. The molecule has 3 aliphatic heterocycles. The Hall–Kier alpha value is -4.33. The highest BCUT2D eigenvalue weighted by molar-refractivity contribution is 8.00. The van der Waals surface area contributed by atoms with Crippen LogP contribution in [0.15, 0.2) is 35.9 Å². The standard InChI is InChI=1S/C49H67ClN4O13S/c1-26-9-8-10-33(25-56)49(64)23-37(65-47(63)52-49)27(2)44-48(4,67-44)39(22-41(59)54(7)35-20-30(17-26)18-32(24-55)42(35)50)66-46(62)28(3)53(6)40(58)15-16-68-38-21-36(57)34(43(38)60)19-29-11-13-31(14-12-29)45(61)51-5/h8-10,18,20,27-29,31,33-34,37-39,44,55-56,64H,11-17,19,21-25H2,1-7H3,(H,51,61)(H,52,63)/b10-8+,26-9+/t27-,28-,29?,31?,33+,34?,37+,38?,39+,44+,48+,49+/m1/s1. The SMILES string of the molecule is CNC(=O)C1CCC(CC2C(=O)CC(SCCC(=O)N(C)[C@H](C)C(=O)O[C@H]3CC(=O)N(C)c4cc(cc(CO)c4Cl)C/C(C)=C/C=C/[C@@H](CO)[C@@]4(O)C[C@H](OC(=O)N4)[C@@H](C)[C@@H]4O[C@@]34C)C2=O)CC1. The van der Waals surface area contributed by atoms with Gasteiger partial charge in [-0.25, -0.2) is 9.59 Å². The third kappa shape index (κ3) is 11.8. The zero-order valence-corrected chi connectivity index (χ0v) is 41.5. The molecule has 374 valence electrons. The highest BCUT2D eigenvalue weighted by Crippen LogP contribution is 2.49. The average molecular weight is 988 g/mol. The predicted octanol–water partition coefficient (Wildman–Crippen LogP) is 4.18. The summed E-state index contributed by atoms with van der Waals surface area (Å²) < 4.78 is 18.1. The third-order valence-corrected chi connectivity index (χ3v) is 16.5. The fourth-order valence-corrected chi connectivity index (χ4v) is 11.6. The number of amides is 4. The van der Waals surface area contributed by atoms with Gasteiger partial charge < -0.3 is 44.6 Å². The molecule has 10 atom stereocenters. The number of hydrogen-bond acceptors (Lipinski definition) is 14. The van der Waals surface area contributed by atoms with Crippen LogP contribution in [0.5, 0.6) is 0 Å². The molecule has 4 fully saturated rings. The smallest absolute Gasteiger partial charge is 0.409 e. The third-order valence-electron chi connectivity index (χ3n) is 14.8. The van der Waals surface area contributed by atoms with Gasteiger partial charge in [0.2, 0.25) is 17.7 Å². The lowest BCUT2D eigenvalue weighted by Crippen LogP contribution is -2.62. The highest BCUT2D eigenvalue weighted by Gasteiger charge is 2.64. The number of Topliss-reactive ketones (excluding diaryl/α,β-unsaturated/α-hetero) is 2. The summed E-state index contributed by atoms with van der Waals surface area (Å²) in [6, 6.07) is 2.33. The van der Waals surface area contributed by atoms with E-state index in [1.165, 1.54) is 42.6 Å². The van der Waals surface area contributed by atoms with Crippen molar-refractivity contribution >= 4 is 70.4 Å². The number of anilines is 1. The van der Waals surface area contributed by atoms with Crippen LogP contribution in [-0.2, 0) is 56.0 Å². The number of benzene rings is 1. The number of allylic oxidation sites excluding steroid dienone is 3. The van der Waals surface area contributed by atoms with Gasteiger partial charge in [0.25, 0.3) is 0 Å². The molecule has 3 heterocycles. The van der Waals surface area contributed by atoms with Crippen molar-refractivity contribution in [3.05, 3.63) is 52.1 Å². The normalized spacial score (nSPS) is 33.8. The molecule has 0 radical (unpaired) electrons. The van der Waals surface area contributed by atoms with E-state index in [2.05, 4.69) is 10.6 Å². The van der Waals surface area contributed by atoms with Gasteiger partial charge in [-0.05, 0) is 82.4 Å². The van der Waals surface area contributed by atoms with Crippen molar-refractivity contribution in [2.24, 2.45) is 29.6 Å². The number of aliphatic hydroxyl groups is 3. The molecular weight excluding hydrogens is 920 g/mol. The number of ketones is 2. The molecule has 6 rings (SSSR count). The number of carbonyl (C=O) groups is 7. The summed E-state index contributed by atoms with van der Waals surface area (Å²) in [7, 11) is 4.60. The first-order valence-corrected chi connectivity index (χ1v) is 24.9. The lowest BCUT2D eigenvalue weighted by Gasteiger charge is -2.42. The molecule has 5 aliphatic rings. The van der Waals surface area contributed by atoms with E-state index in [0.29, 0.717) is 24.1 Å². The number of fused-ring (bicyclic) bond motifs is 5. The van der Waals surface area contributed by atoms with Crippen LogP contribution in [-0.4, -0.2) is 136 Å². The first-order chi connectivity index (χ1) is 32.1. The number of epoxide rings is 1. The van der Waals surface area contributed by atoms with Crippen LogP contribution in [0.25, 0.3) is 0 Å². The Labute approximate surface area is 407 Å². The van der Waals surface area contributed by atoms with Gasteiger partial charge in [-0.15, -0.1) is 11.8 Å². The number of alkyl carbamates (subject to hydrolysis) is 1. The predicted molar refractivity (Wildman–Crippen MR) is 253 cm³/mol. The van der Waals surface area contributed by atoms with Gasteiger partial charge in [0.05, 0.1) is 47.6 Å². The largest absolute Gasteiger partial charge is 0.457 e. The zero-order chi connectivity index (χ0) is 49.8. The molecule has 19 heteroatoms. The molecular formula is C49H67ClN4O13S. The number of likely N-dealkylation sites (N-methyl/N-ethyl adjacent to an activating group) is 1. The Kier molecular flexibility index (Phi) is 17.3. The van der Waals surface area contributed by atoms with E-state index in [-0.39, 0.29) is 59.3 Å². The maximum absolute atomic E-state index is 14.3. The molecule has 0 aromatic heterocycles. The Bertz CT molecular complexity index is 2180. The summed E-state index contributed by atoms with van der Waals surface area (Å²) >= 11 is 8.02. The van der Waals surface area contributed by atoms with Gasteiger partial charge in [0.1, 0.15) is 29.6 Å². The van der Waals surface area contributed by atoms with Gasteiger partial charge in [-0.2, -0.15) is 0 Å². The van der Waals surface area contributed by atoms with E-state index in [1.54, 1.807) is 51.3 Å². The number of nitrogens with one attached hydrogen (secondary N) is 2. The molecule has 2 aliphatic carbocycles. The number of ether oxygens (including phenoxy) is 3. The number of thioether (sulfide) groups is 1. The minimum absolute atomic E-state index is 0.0220. The molecule has 1 aromatic carbocycles. The molecule has 2 unspecified atom stereocenters. The van der Waals surface area contributed by atoms with Gasteiger partial charge in [0, 0.05) is 63.9 Å². The topological polar surface area (TPSA) is 242 Å². The fraction of sp³-hybridized carbons (Fsp3) is 0.653. The van der Waals surface area contributed by atoms with Crippen LogP contribution >= 0.6 is 23.4 Å². The number of halogens is 1. The monoisotopic (exact) mass is 986 g/mol. The lowest BCUT2D eigenvalue weighted by atomic mass is 9.77. The van der Waals surface area contributed by atoms with Gasteiger partial charge >= 0.3 is 12.1 Å². The van der Waals surface area contributed by atoms with Crippen molar-refractivity contribution in [1.82, 2.24) is 15.5 Å². The number of esters is 1. The molecule has 1 aromatic rings. The quantitative estimate of drug-likeness (QED) is 0.112. The van der Waals surface area contributed by atoms with Crippen LogP contribution in [0.4, 0.5) is 10.5 Å². The second-order valence-corrected chi connectivity index (χ2v) is 21.1. The van der Waals surface area contributed by atoms with E-state index in [0.717, 1.165) is 36.8 Å². The maximum atomic E-state index is 14.3. The van der Waals surface area contributed by atoms with Crippen LogP contribution < -0.4 is 15.5 Å². The lowest BCUT2D eigenvalue weighted by molar-refractivity contribution is -0.162. The summed E-state index contributed by atoms with van der Waals surface area (Å²) in [5.41, 5.74) is -0.966. The zero-order valence-electron chi connectivity index (χ0n) is 40.0. The minimum atomic E-state index is -1.91. The highest BCUT2D eigenvalue weighted by atomic mass is 35.5. The Morgan fingerprint density at radius 3 is 2.49 bits per heavy atom.